The molecule has 0 saturated carbocycles. The number of amides is 1. The van der Waals surface area contributed by atoms with Crippen molar-refractivity contribution < 1.29 is 4.79 Å². The third kappa shape index (κ3) is 2.15. The number of carbonyl (C=O) groups is 1. The van der Waals surface area contributed by atoms with E-state index in [1.165, 1.54) is 0 Å². The highest BCUT2D eigenvalue weighted by molar-refractivity contribution is 5.73. The van der Waals surface area contributed by atoms with Gasteiger partial charge in [-0.2, -0.15) is 0 Å². The molecule has 1 aromatic rings. The first-order chi connectivity index (χ1) is 7.56. The predicted octanol–water partition coefficient (Wildman–Crippen LogP) is 1.02. The number of nitrogens with zero attached hydrogens (tertiary/aromatic N) is 1. The van der Waals surface area contributed by atoms with Crippen LogP contribution in [0.1, 0.15) is 30.7 Å². The molecule has 86 valence electrons. The highest BCUT2D eigenvalue weighted by Gasteiger charge is 2.25. The van der Waals surface area contributed by atoms with Gasteiger partial charge < -0.3 is 9.88 Å². The summed E-state index contributed by atoms with van der Waals surface area (Å²) in [6.45, 7) is 4.97. The van der Waals surface area contributed by atoms with E-state index in [0.29, 0.717) is 6.54 Å². The van der Waals surface area contributed by atoms with Gasteiger partial charge in [0.1, 0.15) is 0 Å². The first kappa shape index (κ1) is 10.9. The number of aromatic nitrogens is 1. The average molecular weight is 220 g/mol. The molecule has 4 nitrogen and oxygen atoms in total. The fourth-order valence-electron chi connectivity index (χ4n) is 2.23. The van der Waals surface area contributed by atoms with Crippen LogP contribution in [0.25, 0.3) is 0 Å². The van der Waals surface area contributed by atoms with Crippen LogP contribution >= 0.6 is 0 Å². The number of hydrogen-bond acceptors (Lipinski definition) is 2. The summed E-state index contributed by atoms with van der Waals surface area (Å²) in [4.78, 5) is 27.6. The van der Waals surface area contributed by atoms with Crippen molar-refractivity contribution in [1.29, 1.82) is 0 Å². The molecule has 0 bridgehead atoms. The number of carbonyl (C=O) groups excluding carboxylic acids is 1. The highest BCUT2D eigenvalue weighted by atomic mass is 16.2. The zero-order valence-corrected chi connectivity index (χ0v) is 9.62. The van der Waals surface area contributed by atoms with E-state index in [9.17, 15) is 9.59 Å². The summed E-state index contributed by atoms with van der Waals surface area (Å²) < 4.78 is 0. The van der Waals surface area contributed by atoms with Crippen LogP contribution in [0.15, 0.2) is 16.9 Å². The van der Waals surface area contributed by atoms with E-state index >= 15 is 0 Å². The largest absolute Gasteiger partial charge is 0.362 e. The Morgan fingerprint density at radius 1 is 1.50 bits per heavy atom. The molecule has 1 saturated heterocycles. The topological polar surface area (TPSA) is 53.2 Å². The van der Waals surface area contributed by atoms with Crippen molar-refractivity contribution in [2.45, 2.75) is 26.2 Å². The second-order valence-electron chi connectivity index (χ2n) is 4.41. The van der Waals surface area contributed by atoms with Crippen LogP contribution in [0.2, 0.25) is 0 Å². The summed E-state index contributed by atoms with van der Waals surface area (Å²) in [5, 5.41) is 0. The molecule has 16 heavy (non-hydrogen) atoms. The number of hydrogen-bond donors (Lipinski definition) is 1. The molecule has 0 aromatic carbocycles. The minimum absolute atomic E-state index is 0.0347. The van der Waals surface area contributed by atoms with E-state index in [1.807, 2.05) is 11.8 Å². The fourth-order valence-corrected chi connectivity index (χ4v) is 2.23. The van der Waals surface area contributed by atoms with Crippen molar-refractivity contribution in [1.82, 2.24) is 9.88 Å². The number of H-pyrrole nitrogens is 1. The van der Waals surface area contributed by atoms with E-state index in [2.05, 4.69) is 4.98 Å². The van der Waals surface area contributed by atoms with Gasteiger partial charge in [0.2, 0.25) is 5.91 Å². The van der Waals surface area contributed by atoms with Crippen molar-refractivity contribution in [3.05, 3.63) is 33.7 Å². The molecular formula is C12H16N2O2. The van der Waals surface area contributed by atoms with Gasteiger partial charge in [0.25, 0.3) is 0 Å². The Morgan fingerprint density at radius 3 is 2.81 bits per heavy atom. The van der Waals surface area contributed by atoms with E-state index in [0.717, 1.165) is 24.4 Å². The van der Waals surface area contributed by atoms with Crippen molar-refractivity contribution >= 4 is 5.91 Å². The van der Waals surface area contributed by atoms with Crippen molar-refractivity contribution in [2.24, 2.45) is 0 Å². The lowest BCUT2D eigenvalue weighted by Gasteiger charge is -2.14. The zero-order chi connectivity index (χ0) is 11.7. The third-order valence-corrected chi connectivity index (χ3v) is 3.07. The maximum absolute atomic E-state index is 11.4. The first-order valence-corrected chi connectivity index (χ1v) is 5.52. The van der Waals surface area contributed by atoms with Gasteiger partial charge in [0.05, 0.1) is 0 Å². The van der Waals surface area contributed by atoms with Crippen LogP contribution < -0.4 is 5.43 Å². The minimum Gasteiger partial charge on any atom is -0.362 e. The first-order valence-electron chi connectivity index (χ1n) is 5.52. The van der Waals surface area contributed by atoms with E-state index in [4.69, 9.17) is 0 Å². The minimum atomic E-state index is 0.0347. The van der Waals surface area contributed by atoms with Gasteiger partial charge in [-0.3, -0.25) is 9.59 Å². The second-order valence-corrected chi connectivity index (χ2v) is 4.41. The standard InChI is InChI=1S/C12H16N2O2/c1-8-5-11(16)6-12(13-8)10-3-4-14(7-10)9(2)15/h5-6,10H,3-4,7H2,1-2H3,(H,13,16). The number of pyridine rings is 1. The average Bonchev–Trinajstić information content (AvgIpc) is 2.64. The molecule has 1 aliphatic heterocycles. The lowest BCUT2D eigenvalue weighted by Crippen LogP contribution is -2.25. The van der Waals surface area contributed by atoms with Crippen LogP contribution in [-0.4, -0.2) is 28.9 Å². The van der Waals surface area contributed by atoms with Gasteiger partial charge in [-0.1, -0.05) is 0 Å². The Hall–Kier alpha value is -1.58. The number of aryl methyl sites for hydroxylation is 1. The Labute approximate surface area is 94.3 Å². The van der Waals surface area contributed by atoms with Crippen LogP contribution in [0.3, 0.4) is 0 Å². The Balaban J connectivity index is 2.20. The van der Waals surface area contributed by atoms with Gasteiger partial charge in [-0.05, 0) is 13.3 Å². The Kier molecular flexibility index (Phi) is 2.81. The Morgan fingerprint density at radius 2 is 2.25 bits per heavy atom. The van der Waals surface area contributed by atoms with Gasteiger partial charge >= 0.3 is 0 Å². The number of rotatable bonds is 1. The van der Waals surface area contributed by atoms with Crippen LogP contribution in [0, 0.1) is 6.92 Å². The Bertz CT molecular complexity index is 464. The number of likely N-dealkylation sites (tertiary alicyclic amines) is 1. The highest BCUT2D eigenvalue weighted by Crippen LogP contribution is 2.25. The summed E-state index contributed by atoms with van der Waals surface area (Å²) in [7, 11) is 0. The molecule has 1 N–H and O–H groups in total. The maximum Gasteiger partial charge on any atom is 0.219 e. The predicted molar refractivity (Wildman–Crippen MR) is 61.4 cm³/mol. The molecule has 1 atom stereocenters. The third-order valence-electron chi connectivity index (χ3n) is 3.07. The summed E-state index contributed by atoms with van der Waals surface area (Å²) in [5.41, 5.74) is 1.87. The zero-order valence-electron chi connectivity index (χ0n) is 9.62. The molecule has 2 rings (SSSR count). The molecule has 1 unspecified atom stereocenters. The molecular weight excluding hydrogens is 204 g/mol. The van der Waals surface area contributed by atoms with Crippen LogP contribution in [0.5, 0.6) is 0 Å². The van der Waals surface area contributed by atoms with Gasteiger partial charge in [-0.15, -0.1) is 0 Å². The van der Waals surface area contributed by atoms with Gasteiger partial charge in [0.15, 0.2) is 5.43 Å². The van der Waals surface area contributed by atoms with Crippen LogP contribution in [0.4, 0.5) is 0 Å². The van der Waals surface area contributed by atoms with Gasteiger partial charge in [0, 0.05) is 49.5 Å². The summed E-state index contributed by atoms with van der Waals surface area (Å²) >= 11 is 0. The van der Waals surface area contributed by atoms with E-state index in [-0.39, 0.29) is 17.3 Å². The summed E-state index contributed by atoms with van der Waals surface area (Å²) in [6.07, 6.45) is 0.930. The molecule has 0 radical (unpaired) electrons. The van der Waals surface area contributed by atoms with Gasteiger partial charge in [-0.25, -0.2) is 0 Å². The quantitative estimate of drug-likeness (QED) is 0.768. The smallest absolute Gasteiger partial charge is 0.219 e. The molecule has 1 amide bonds. The maximum atomic E-state index is 11.4. The monoisotopic (exact) mass is 220 g/mol. The van der Waals surface area contributed by atoms with Crippen molar-refractivity contribution in [3.63, 3.8) is 0 Å². The lowest BCUT2D eigenvalue weighted by molar-refractivity contribution is -0.127. The SMILES string of the molecule is CC(=O)N1CCC(c2cc(=O)cc(C)[nH]2)C1. The normalized spacial score (nSPS) is 20.1. The molecule has 0 spiro atoms. The molecule has 1 aromatic heterocycles. The molecule has 2 heterocycles. The number of nitrogens with one attached hydrogen (secondary N) is 1. The van der Waals surface area contributed by atoms with E-state index in [1.54, 1.807) is 19.1 Å². The number of aromatic amines is 1. The molecule has 0 aliphatic carbocycles. The van der Waals surface area contributed by atoms with Crippen molar-refractivity contribution in [3.8, 4) is 0 Å². The van der Waals surface area contributed by atoms with Crippen molar-refractivity contribution in [2.75, 3.05) is 13.1 Å². The second kappa shape index (κ2) is 4.12. The summed E-state index contributed by atoms with van der Waals surface area (Å²) in [5.74, 6) is 0.383. The molecule has 1 fully saturated rings. The molecule has 1 aliphatic rings. The fraction of sp³-hybridized carbons (Fsp3) is 0.500. The lowest BCUT2D eigenvalue weighted by atomic mass is 10.0. The van der Waals surface area contributed by atoms with E-state index < -0.39 is 0 Å². The van der Waals surface area contributed by atoms with Crippen LogP contribution in [-0.2, 0) is 4.79 Å². The summed E-state index contributed by atoms with van der Waals surface area (Å²) in [6, 6.07) is 3.22. The molecule has 4 heteroatoms.